The largest absolute Gasteiger partial charge is 0.383 e. The summed E-state index contributed by atoms with van der Waals surface area (Å²) in [6.07, 6.45) is 2.34. The van der Waals surface area contributed by atoms with Crippen LogP contribution >= 0.6 is 7.14 Å². The van der Waals surface area contributed by atoms with Gasteiger partial charge in [0.05, 0.1) is 7.14 Å². The summed E-state index contributed by atoms with van der Waals surface area (Å²) in [4.78, 5) is 0. The molecule has 0 aliphatic carbocycles. The van der Waals surface area contributed by atoms with E-state index in [1.807, 2.05) is 13.8 Å². The summed E-state index contributed by atoms with van der Waals surface area (Å²) in [5.74, 6) is 0. The zero-order valence-electron chi connectivity index (χ0n) is 11.4. The molecule has 2 nitrogen and oxygen atoms in total. The van der Waals surface area contributed by atoms with E-state index in [0.717, 1.165) is 24.2 Å². The average molecular weight is 253 g/mol. The average Bonchev–Trinajstić information content (AvgIpc) is 2.31. The highest BCUT2D eigenvalue weighted by atomic mass is 31.2. The van der Waals surface area contributed by atoms with Crippen LogP contribution in [-0.4, -0.2) is 18.4 Å². The van der Waals surface area contributed by atoms with Gasteiger partial charge < -0.3 is 9.88 Å². The Kier molecular flexibility index (Phi) is 5.27. The Labute approximate surface area is 105 Å². The Hall–Kier alpha value is -0.750. The predicted octanol–water partition coefficient (Wildman–Crippen LogP) is 4.41. The Balaban J connectivity index is 2.71. The van der Waals surface area contributed by atoms with Gasteiger partial charge in [0.1, 0.15) is 0 Å². The zero-order valence-corrected chi connectivity index (χ0v) is 12.3. The third kappa shape index (κ3) is 4.55. The monoisotopic (exact) mass is 253 g/mol. The van der Waals surface area contributed by atoms with Gasteiger partial charge in [-0.3, -0.25) is 0 Å². The van der Waals surface area contributed by atoms with E-state index in [0.29, 0.717) is 6.04 Å². The summed E-state index contributed by atoms with van der Waals surface area (Å²) in [7, 11) is -1.97. The van der Waals surface area contributed by atoms with Crippen LogP contribution in [0.1, 0.15) is 33.3 Å². The van der Waals surface area contributed by atoms with Gasteiger partial charge in [0, 0.05) is 17.9 Å². The fraction of sp³-hybridized carbons (Fsp3) is 0.571. The van der Waals surface area contributed by atoms with Crippen molar-refractivity contribution in [3.05, 3.63) is 29.8 Å². The number of benzene rings is 1. The summed E-state index contributed by atoms with van der Waals surface area (Å²) >= 11 is 0. The second-order valence-corrected chi connectivity index (χ2v) is 8.54. The molecular formula is C14H24NOP. The Bertz CT molecular complexity index is 376. The van der Waals surface area contributed by atoms with Gasteiger partial charge in [-0.1, -0.05) is 26.0 Å². The molecule has 0 aliphatic heterocycles. The van der Waals surface area contributed by atoms with Crippen molar-refractivity contribution in [3.8, 4) is 0 Å². The molecule has 0 amide bonds. The highest BCUT2D eigenvalue weighted by Crippen LogP contribution is 2.48. The molecule has 0 heterocycles. The maximum Gasteiger partial charge on any atom is 0.0914 e. The van der Waals surface area contributed by atoms with Gasteiger partial charge in [0.15, 0.2) is 0 Å². The summed E-state index contributed by atoms with van der Waals surface area (Å²) in [5.41, 5.74) is 2.32. The van der Waals surface area contributed by atoms with Gasteiger partial charge in [0.2, 0.25) is 0 Å². The smallest absolute Gasteiger partial charge is 0.0914 e. The Morgan fingerprint density at radius 3 is 2.06 bits per heavy atom. The molecule has 17 heavy (non-hydrogen) atoms. The van der Waals surface area contributed by atoms with Crippen LogP contribution in [0, 0.1) is 0 Å². The van der Waals surface area contributed by atoms with Crippen LogP contribution in [0.15, 0.2) is 24.3 Å². The third-order valence-electron chi connectivity index (χ3n) is 3.03. The molecule has 0 bridgehead atoms. The summed E-state index contributed by atoms with van der Waals surface area (Å²) in [6.45, 7) is 8.30. The lowest BCUT2D eigenvalue weighted by atomic mass is 10.2. The first-order valence-corrected chi connectivity index (χ1v) is 8.68. The number of hydrogen-bond donors (Lipinski definition) is 1. The second-order valence-electron chi connectivity index (χ2n) is 4.84. The summed E-state index contributed by atoms with van der Waals surface area (Å²) in [6, 6.07) is 8.76. The lowest BCUT2D eigenvalue weighted by Gasteiger charge is -2.15. The van der Waals surface area contributed by atoms with Crippen molar-refractivity contribution >= 4 is 12.8 Å². The van der Waals surface area contributed by atoms with E-state index in [1.165, 1.54) is 5.56 Å². The van der Waals surface area contributed by atoms with E-state index in [4.69, 9.17) is 0 Å². The standard InChI is InChI=1S/C14H24NOP/c1-5-17(16,6-2)11-13-7-9-14(10-8-13)15-12(3)4/h7-10,12,15H,5-6,11H2,1-4H3. The Morgan fingerprint density at radius 1 is 1.12 bits per heavy atom. The Morgan fingerprint density at radius 2 is 1.65 bits per heavy atom. The number of nitrogens with one attached hydrogen (secondary N) is 1. The number of anilines is 1. The fourth-order valence-corrected chi connectivity index (χ4v) is 3.59. The van der Waals surface area contributed by atoms with E-state index in [1.54, 1.807) is 0 Å². The highest BCUT2D eigenvalue weighted by Gasteiger charge is 2.17. The molecule has 3 heteroatoms. The predicted molar refractivity (Wildman–Crippen MR) is 77.6 cm³/mol. The maximum absolute atomic E-state index is 12.4. The topological polar surface area (TPSA) is 29.1 Å². The SMILES string of the molecule is CCP(=O)(CC)Cc1ccc(NC(C)C)cc1. The second kappa shape index (κ2) is 6.26. The first-order valence-electron chi connectivity index (χ1n) is 6.41. The molecule has 0 atom stereocenters. The molecule has 0 saturated carbocycles. The molecular weight excluding hydrogens is 229 g/mol. The molecule has 1 N–H and O–H groups in total. The van der Waals surface area contributed by atoms with E-state index in [2.05, 4.69) is 43.4 Å². The maximum atomic E-state index is 12.4. The molecule has 1 aromatic carbocycles. The first kappa shape index (κ1) is 14.3. The van der Waals surface area contributed by atoms with Crippen molar-refractivity contribution in [2.24, 2.45) is 0 Å². The zero-order chi connectivity index (χ0) is 12.9. The van der Waals surface area contributed by atoms with E-state index in [9.17, 15) is 4.57 Å². The number of rotatable bonds is 6. The molecule has 0 unspecified atom stereocenters. The van der Waals surface area contributed by atoms with Crippen LogP contribution in [0.2, 0.25) is 0 Å². The molecule has 0 aromatic heterocycles. The molecule has 1 aromatic rings. The number of hydrogen-bond acceptors (Lipinski definition) is 2. The van der Waals surface area contributed by atoms with Gasteiger partial charge >= 0.3 is 0 Å². The van der Waals surface area contributed by atoms with Crippen LogP contribution < -0.4 is 5.32 Å². The van der Waals surface area contributed by atoms with Crippen LogP contribution in [0.4, 0.5) is 5.69 Å². The molecule has 0 fully saturated rings. The lowest BCUT2D eigenvalue weighted by molar-refractivity contribution is 0.575. The van der Waals surface area contributed by atoms with E-state index in [-0.39, 0.29) is 0 Å². The van der Waals surface area contributed by atoms with Gasteiger partial charge in [-0.05, 0) is 43.9 Å². The van der Waals surface area contributed by atoms with E-state index < -0.39 is 7.14 Å². The molecule has 0 saturated heterocycles. The van der Waals surface area contributed by atoms with Crippen LogP contribution in [0.5, 0.6) is 0 Å². The minimum atomic E-state index is -1.97. The van der Waals surface area contributed by atoms with Crippen LogP contribution in [0.25, 0.3) is 0 Å². The van der Waals surface area contributed by atoms with Crippen molar-refractivity contribution in [3.63, 3.8) is 0 Å². The van der Waals surface area contributed by atoms with Crippen molar-refractivity contribution in [2.75, 3.05) is 17.6 Å². The summed E-state index contributed by atoms with van der Waals surface area (Å²) in [5, 5.41) is 3.35. The van der Waals surface area contributed by atoms with Crippen LogP contribution in [0.3, 0.4) is 0 Å². The van der Waals surface area contributed by atoms with Crippen LogP contribution in [-0.2, 0) is 10.7 Å². The normalized spacial score (nSPS) is 11.8. The molecule has 0 spiro atoms. The molecule has 0 aliphatic rings. The molecule has 96 valence electrons. The fourth-order valence-electron chi connectivity index (χ4n) is 1.82. The minimum Gasteiger partial charge on any atom is -0.383 e. The summed E-state index contributed by atoms with van der Waals surface area (Å²) < 4.78 is 12.4. The van der Waals surface area contributed by atoms with Gasteiger partial charge in [-0.25, -0.2) is 0 Å². The van der Waals surface area contributed by atoms with E-state index >= 15 is 0 Å². The van der Waals surface area contributed by atoms with Gasteiger partial charge in [-0.15, -0.1) is 0 Å². The quantitative estimate of drug-likeness (QED) is 0.761. The first-order chi connectivity index (χ1) is 7.99. The van der Waals surface area contributed by atoms with Crippen molar-refractivity contribution in [1.82, 2.24) is 0 Å². The van der Waals surface area contributed by atoms with Crippen molar-refractivity contribution < 1.29 is 4.57 Å². The van der Waals surface area contributed by atoms with Crippen molar-refractivity contribution in [1.29, 1.82) is 0 Å². The minimum absolute atomic E-state index is 0.443. The molecule has 1 rings (SSSR count). The van der Waals surface area contributed by atoms with Gasteiger partial charge in [0.25, 0.3) is 0 Å². The highest BCUT2D eigenvalue weighted by molar-refractivity contribution is 7.63. The van der Waals surface area contributed by atoms with Crippen molar-refractivity contribution in [2.45, 2.75) is 39.9 Å². The van der Waals surface area contributed by atoms with Gasteiger partial charge in [-0.2, -0.15) is 0 Å². The lowest BCUT2D eigenvalue weighted by Crippen LogP contribution is -2.09. The third-order valence-corrected chi connectivity index (χ3v) is 6.28. The molecule has 0 radical (unpaired) electrons.